The Kier molecular flexibility index (Phi) is 2.68. The topological polar surface area (TPSA) is 63.8 Å². The van der Waals surface area contributed by atoms with Crippen LogP contribution in [0.4, 0.5) is 16.8 Å². The molecule has 0 amide bonds. The summed E-state index contributed by atoms with van der Waals surface area (Å²) < 4.78 is 0. The number of nitrogens with one attached hydrogen (secondary N) is 1. The van der Waals surface area contributed by atoms with E-state index in [1.54, 1.807) is 17.4 Å². The minimum absolute atomic E-state index is 0.524. The summed E-state index contributed by atoms with van der Waals surface area (Å²) in [5.41, 5.74) is 6.90. The van der Waals surface area contributed by atoms with Gasteiger partial charge in [-0.1, -0.05) is 6.07 Å². The van der Waals surface area contributed by atoms with Crippen LogP contribution in [-0.4, -0.2) is 9.97 Å². The molecule has 88 valence electrons. The Bertz CT molecular complexity index is 512. The summed E-state index contributed by atoms with van der Waals surface area (Å²) in [4.78, 5) is 10.2. The van der Waals surface area contributed by atoms with Crippen LogP contribution < -0.4 is 11.1 Å². The Labute approximate surface area is 104 Å². The fourth-order valence-electron chi connectivity index (χ4n) is 2.04. The number of pyridine rings is 1. The van der Waals surface area contributed by atoms with Gasteiger partial charge in [0.25, 0.3) is 0 Å². The molecule has 0 saturated carbocycles. The highest BCUT2D eigenvalue weighted by Gasteiger charge is 2.15. The summed E-state index contributed by atoms with van der Waals surface area (Å²) in [5.74, 6) is 1.28. The number of nitrogens with two attached hydrogens (primary N) is 1. The van der Waals surface area contributed by atoms with Gasteiger partial charge in [-0.2, -0.15) is 0 Å². The minimum Gasteiger partial charge on any atom is -0.384 e. The van der Waals surface area contributed by atoms with Crippen LogP contribution >= 0.6 is 11.3 Å². The molecule has 2 heterocycles. The van der Waals surface area contributed by atoms with Crippen molar-refractivity contribution in [3.8, 4) is 0 Å². The molecule has 5 heteroatoms. The van der Waals surface area contributed by atoms with E-state index >= 15 is 0 Å². The molecule has 0 unspecified atom stereocenters. The van der Waals surface area contributed by atoms with Crippen LogP contribution in [0.3, 0.4) is 0 Å². The number of rotatable bonds is 2. The molecule has 3 N–H and O–H groups in total. The lowest BCUT2D eigenvalue weighted by Crippen LogP contribution is -1.99. The highest BCUT2D eigenvalue weighted by Crippen LogP contribution is 2.30. The molecule has 1 aliphatic carbocycles. The SMILES string of the molecule is Nc1cccc(Nc2nc3c(s2)CCCC3)n1. The molecule has 0 aliphatic heterocycles. The van der Waals surface area contributed by atoms with Crippen molar-refractivity contribution in [3.63, 3.8) is 0 Å². The van der Waals surface area contributed by atoms with Crippen molar-refractivity contribution in [2.75, 3.05) is 11.1 Å². The average molecular weight is 246 g/mol. The van der Waals surface area contributed by atoms with Crippen LogP contribution in [0.25, 0.3) is 0 Å². The van der Waals surface area contributed by atoms with E-state index in [0.29, 0.717) is 5.82 Å². The Balaban J connectivity index is 1.83. The summed E-state index contributed by atoms with van der Waals surface area (Å²) in [5, 5.41) is 4.14. The van der Waals surface area contributed by atoms with Gasteiger partial charge < -0.3 is 11.1 Å². The van der Waals surface area contributed by atoms with Gasteiger partial charge in [-0.15, -0.1) is 11.3 Å². The number of aromatic nitrogens is 2. The van der Waals surface area contributed by atoms with Crippen molar-refractivity contribution >= 4 is 28.1 Å². The highest BCUT2D eigenvalue weighted by molar-refractivity contribution is 7.15. The lowest BCUT2D eigenvalue weighted by Gasteiger charge is -2.06. The molecule has 0 saturated heterocycles. The van der Waals surface area contributed by atoms with Gasteiger partial charge in [0.05, 0.1) is 5.69 Å². The Hall–Kier alpha value is -1.62. The molecule has 1 aliphatic rings. The zero-order chi connectivity index (χ0) is 11.7. The van der Waals surface area contributed by atoms with Crippen molar-refractivity contribution in [1.29, 1.82) is 0 Å². The Morgan fingerprint density at radius 3 is 2.88 bits per heavy atom. The summed E-state index contributed by atoms with van der Waals surface area (Å²) >= 11 is 1.73. The quantitative estimate of drug-likeness (QED) is 0.855. The molecule has 0 fully saturated rings. The molecule has 0 radical (unpaired) electrons. The van der Waals surface area contributed by atoms with Crippen molar-refractivity contribution < 1.29 is 0 Å². The minimum atomic E-state index is 0.524. The van der Waals surface area contributed by atoms with Gasteiger partial charge in [0.2, 0.25) is 0 Å². The van der Waals surface area contributed by atoms with Crippen molar-refractivity contribution in [3.05, 3.63) is 28.8 Å². The highest BCUT2D eigenvalue weighted by atomic mass is 32.1. The van der Waals surface area contributed by atoms with E-state index in [2.05, 4.69) is 15.3 Å². The summed E-state index contributed by atoms with van der Waals surface area (Å²) in [6, 6.07) is 5.56. The van der Waals surface area contributed by atoms with Gasteiger partial charge in [-0.25, -0.2) is 9.97 Å². The zero-order valence-corrected chi connectivity index (χ0v) is 10.3. The predicted molar refractivity (Wildman–Crippen MR) is 70.7 cm³/mol. The lowest BCUT2D eigenvalue weighted by molar-refractivity contribution is 0.683. The van der Waals surface area contributed by atoms with E-state index in [4.69, 9.17) is 5.73 Å². The number of nitrogens with zero attached hydrogens (tertiary/aromatic N) is 2. The van der Waals surface area contributed by atoms with Crippen LogP contribution in [0, 0.1) is 0 Å². The average Bonchev–Trinajstić information content (AvgIpc) is 2.71. The Morgan fingerprint density at radius 2 is 2.06 bits per heavy atom. The fraction of sp³-hybridized carbons (Fsp3) is 0.333. The molecule has 2 aromatic heterocycles. The molecule has 0 aromatic carbocycles. The number of hydrogen-bond donors (Lipinski definition) is 2. The second-order valence-electron chi connectivity index (χ2n) is 4.17. The summed E-state index contributed by atoms with van der Waals surface area (Å²) in [6.45, 7) is 0. The summed E-state index contributed by atoms with van der Waals surface area (Å²) in [6.07, 6.45) is 4.81. The maximum atomic E-state index is 5.64. The number of aryl methyl sites for hydroxylation is 2. The van der Waals surface area contributed by atoms with E-state index in [1.165, 1.54) is 29.8 Å². The molecule has 17 heavy (non-hydrogen) atoms. The number of fused-ring (bicyclic) bond motifs is 1. The smallest absolute Gasteiger partial charge is 0.188 e. The fourth-order valence-corrected chi connectivity index (χ4v) is 3.09. The maximum Gasteiger partial charge on any atom is 0.188 e. The molecular weight excluding hydrogens is 232 g/mol. The number of nitrogen functional groups attached to an aromatic ring is 1. The first-order chi connectivity index (χ1) is 8.31. The van der Waals surface area contributed by atoms with Crippen molar-refractivity contribution in [2.24, 2.45) is 0 Å². The third-order valence-electron chi connectivity index (χ3n) is 2.85. The first-order valence-corrected chi connectivity index (χ1v) is 6.61. The van der Waals surface area contributed by atoms with E-state index in [9.17, 15) is 0 Å². The van der Waals surface area contributed by atoms with Gasteiger partial charge in [0, 0.05) is 4.88 Å². The van der Waals surface area contributed by atoms with Crippen LogP contribution in [0.1, 0.15) is 23.4 Å². The Morgan fingerprint density at radius 1 is 1.18 bits per heavy atom. The second kappa shape index (κ2) is 4.33. The lowest BCUT2D eigenvalue weighted by atomic mass is 10.0. The largest absolute Gasteiger partial charge is 0.384 e. The van der Waals surface area contributed by atoms with E-state index in [1.807, 2.05) is 12.1 Å². The maximum absolute atomic E-state index is 5.64. The van der Waals surface area contributed by atoms with Gasteiger partial charge in [-0.05, 0) is 37.8 Å². The van der Waals surface area contributed by atoms with Gasteiger partial charge in [0.1, 0.15) is 11.6 Å². The molecule has 3 rings (SSSR count). The van der Waals surface area contributed by atoms with Gasteiger partial charge in [-0.3, -0.25) is 0 Å². The van der Waals surface area contributed by atoms with Gasteiger partial charge in [0.15, 0.2) is 5.13 Å². The van der Waals surface area contributed by atoms with Gasteiger partial charge >= 0.3 is 0 Å². The van der Waals surface area contributed by atoms with E-state index in [0.717, 1.165) is 17.4 Å². The molecule has 2 aromatic rings. The van der Waals surface area contributed by atoms with E-state index < -0.39 is 0 Å². The number of hydrogen-bond acceptors (Lipinski definition) is 5. The standard InChI is InChI=1S/C12H14N4S/c13-10-6-3-7-11(15-10)16-12-14-8-4-1-2-5-9(8)17-12/h3,6-7H,1-2,4-5H2,(H3,13,14,15,16). The molecule has 4 nitrogen and oxygen atoms in total. The normalized spacial score (nSPS) is 14.4. The molecule has 0 bridgehead atoms. The number of anilines is 3. The second-order valence-corrected chi connectivity index (χ2v) is 5.25. The first-order valence-electron chi connectivity index (χ1n) is 5.79. The zero-order valence-electron chi connectivity index (χ0n) is 9.44. The van der Waals surface area contributed by atoms with Crippen LogP contribution in [-0.2, 0) is 12.8 Å². The van der Waals surface area contributed by atoms with Crippen LogP contribution in [0.5, 0.6) is 0 Å². The third kappa shape index (κ3) is 2.24. The van der Waals surface area contributed by atoms with Crippen LogP contribution in [0.15, 0.2) is 18.2 Å². The molecular formula is C12H14N4S. The van der Waals surface area contributed by atoms with E-state index in [-0.39, 0.29) is 0 Å². The summed E-state index contributed by atoms with van der Waals surface area (Å²) in [7, 11) is 0. The van der Waals surface area contributed by atoms with Crippen molar-refractivity contribution in [2.45, 2.75) is 25.7 Å². The number of thiazole rings is 1. The monoisotopic (exact) mass is 246 g/mol. The third-order valence-corrected chi connectivity index (χ3v) is 3.92. The molecule has 0 spiro atoms. The van der Waals surface area contributed by atoms with Crippen LogP contribution in [0.2, 0.25) is 0 Å². The molecule has 0 atom stereocenters. The van der Waals surface area contributed by atoms with Crippen molar-refractivity contribution in [1.82, 2.24) is 9.97 Å². The predicted octanol–water partition coefficient (Wildman–Crippen LogP) is 2.74. The first kappa shape index (κ1) is 10.5.